The van der Waals surface area contributed by atoms with E-state index in [0.29, 0.717) is 3.92 Å². The maximum Gasteiger partial charge on any atom is 0 e. The minimum Gasteiger partial charge on any atom is 0 e. The summed E-state index contributed by atoms with van der Waals surface area (Å²) >= 11 is 1.49. The van der Waals surface area contributed by atoms with Crippen LogP contribution in [0.15, 0.2) is 0 Å². The van der Waals surface area contributed by atoms with Gasteiger partial charge in [-0.1, -0.05) is 0 Å². The Hall–Kier alpha value is 1.13. The Bertz CT molecular complexity index is 405. The van der Waals surface area contributed by atoms with Crippen LogP contribution in [0, 0.1) is 3.92 Å². The molecule has 0 saturated carbocycles. The van der Waals surface area contributed by atoms with Gasteiger partial charge in [-0.05, 0) is 0 Å². The molecule has 2 unspecified atom stereocenters. The van der Waals surface area contributed by atoms with Gasteiger partial charge in [0.15, 0.2) is 0 Å². The van der Waals surface area contributed by atoms with Crippen LogP contribution in [0.5, 0.6) is 0 Å². The van der Waals surface area contributed by atoms with Gasteiger partial charge in [0.1, 0.15) is 0 Å². The first kappa shape index (κ1) is 22.1. The summed E-state index contributed by atoms with van der Waals surface area (Å²) < 4.78 is 52.3. The molecular weight excluding hydrogens is 608 g/mol. The Balaban J connectivity index is 0.00000400. The first-order valence-corrected chi connectivity index (χ1v) is 8.84. The third-order valence-corrected chi connectivity index (χ3v) is 8.66. The molecule has 1 rings (SSSR count). The van der Waals surface area contributed by atoms with E-state index in [0.717, 1.165) is 14.0 Å². The Morgan fingerprint density at radius 2 is 1.76 bits per heavy atom. The van der Waals surface area contributed by atoms with E-state index in [9.17, 15) is 18.0 Å². The van der Waals surface area contributed by atoms with E-state index < -0.39 is 23.3 Å². The van der Waals surface area contributed by atoms with Crippen molar-refractivity contribution >= 4 is 28.6 Å². The molecule has 0 aromatic heterocycles. The van der Waals surface area contributed by atoms with E-state index >= 15 is 0 Å². The minimum absolute atomic E-state index is 0. The van der Waals surface area contributed by atoms with Crippen LogP contribution < -0.4 is 25.0 Å². The molecule has 1 radical (unpaired) electrons. The summed E-state index contributed by atoms with van der Waals surface area (Å²) in [6.45, 7) is 5.10. The second kappa shape index (κ2) is 6.94. The predicted molar refractivity (Wildman–Crippen MR) is 70.4 cm³/mol. The molecule has 129 valence electrons. The number of carbonyl (C=O) groups excluding carboxylic acids is 1. The van der Waals surface area contributed by atoms with E-state index in [2.05, 4.69) is 8.27 Å². The number of hydrogen-bond donors (Lipinski definition) is 1. The van der Waals surface area contributed by atoms with Gasteiger partial charge in [-0.15, -0.1) is 0 Å². The Kier molecular flexibility index (Phi) is 7.31. The van der Waals surface area contributed by atoms with Gasteiger partial charge in [0, 0.05) is 19.5 Å². The van der Waals surface area contributed by atoms with E-state index in [1.165, 1.54) is 13.8 Å². The molecule has 0 spiro atoms. The van der Waals surface area contributed by atoms with Crippen LogP contribution in [0.1, 0.15) is 27.7 Å². The van der Waals surface area contributed by atoms with Gasteiger partial charge in [-0.3, -0.25) is 0 Å². The Morgan fingerprint density at radius 3 is 2.05 bits per heavy atom. The molecule has 2 atom stereocenters. The average molecular weight is 624 g/mol. The van der Waals surface area contributed by atoms with Crippen molar-refractivity contribution in [2.75, 3.05) is 7.11 Å². The van der Waals surface area contributed by atoms with Crippen molar-refractivity contribution in [2.45, 2.75) is 48.6 Å². The average Bonchev–Trinajstić information content (AvgIpc) is 3.04. The number of nitrogens with one attached hydrogen (secondary N) is 1. The quantitative estimate of drug-likeness (QED) is 0.0660. The van der Waals surface area contributed by atoms with Crippen LogP contribution in [-0.2, 0) is 33.7 Å². The van der Waals surface area contributed by atoms with Gasteiger partial charge in [0.05, 0.1) is 0 Å². The molecule has 0 aromatic carbocycles. The van der Waals surface area contributed by atoms with Crippen LogP contribution in [0.2, 0.25) is 0 Å². The molecule has 1 fully saturated rings. The molecule has 0 aliphatic carbocycles. The first-order valence-electron chi connectivity index (χ1n) is 5.61. The van der Waals surface area contributed by atoms with Crippen molar-refractivity contribution in [1.29, 1.82) is 0 Å². The smallest absolute Gasteiger partial charge is 0 e. The summed E-state index contributed by atoms with van der Waals surface area (Å²) in [5, 5.41) is 0. The second-order valence-electron chi connectivity index (χ2n) is 5.14. The maximum absolute atomic E-state index is 13.2. The summed E-state index contributed by atoms with van der Waals surface area (Å²) in [5.41, 5.74) is -4.43. The number of methoxy groups -OCH3 is 1. The first-order chi connectivity index (χ1) is 8.81. The van der Waals surface area contributed by atoms with Gasteiger partial charge in [0.25, 0.3) is 0 Å². The molecule has 1 aliphatic rings. The fourth-order valence-corrected chi connectivity index (χ4v) is 4.00. The molecule has 0 bridgehead atoms. The van der Waals surface area contributed by atoms with E-state index in [1.807, 2.05) is 29.5 Å². The van der Waals surface area contributed by atoms with Gasteiger partial charge in [0.2, 0.25) is 0 Å². The Labute approximate surface area is 159 Å². The largest absolute Gasteiger partial charge is 0 e. The number of hydrogen-bond acceptors (Lipinski definition) is 4. The van der Waals surface area contributed by atoms with Crippen molar-refractivity contribution in [1.82, 2.24) is 3.53 Å². The second-order valence-corrected chi connectivity index (χ2v) is 9.46. The molecule has 1 aliphatic heterocycles. The topological polar surface area (TPSA) is 57.5 Å². The number of ether oxygens (including phenoxy) is 2. The summed E-state index contributed by atoms with van der Waals surface area (Å²) in [6.07, 6.45) is -4.66. The fourth-order valence-electron chi connectivity index (χ4n) is 1.42. The van der Waals surface area contributed by atoms with Crippen molar-refractivity contribution in [3.63, 3.8) is 0 Å². The number of halogens is 5. The SMILES string of the molecule is COC(C)(C(F)(F)F)C(C)(C)OC(=O)[C-](I)C1(C)N[I-]1.[Rh]. The molecule has 1 heterocycles. The zero-order valence-electron chi connectivity index (χ0n) is 11.9. The normalized spacial score (nSPS) is 25.0. The third-order valence-electron chi connectivity index (χ3n) is 3.42. The van der Waals surface area contributed by atoms with Crippen LogP contribution >= 0.6 is 22.6 Å². The van der Waals surface area contributed by atoms with Gasteiger partial charge >= 0.3 is 141 Å². The fraction of sp³-hybridized carbons (Fsp3) is 0.818. The number of rotatable bonds is 5. The Morgan fingerprint density at radius 1 is 1.33 bits per heavy atom. The zero-order chi connectivity index (χ0) is 16.0. The molecule has 0 aromatic rings. The van der Waals surface area contributed by atoms with Gasteiger partial charge in [-0.25, -0.2) is 0 Å². The minimum atomic E-state index is -4.66. The summed E-state index contributed by atoms with van der Waals surface area (Å²) in [6, 6.07) is 0. The van der Waals surface area contributed by atoms with Crippen LogP contribution in [0.4, 0.5) is 13.2 Å². The molecule has 21 heavy (non-hydrogen) atoms. The van der Waals surface area contributed by atoms with E-state index in [1.54, 1.807) is 0 Å². The molecule has 10 heteroatoms. The van der Waals surface area contributed by atoms with Crippen molar-refractivity contribution in [3.8, 4) is 0 Å². The third kappa shape index (κ3) is 4.36. The summed E-state index contributed by atoms with van der Waals surface area (Å²) in [5.74, 6) is -0.740. The predicted octanol–water partition coefficient (Wildman–Crippen LogP) is -0.437. The standard InChI is InChI=1S/C11H16F3I2NO3.Rh/c1-8(2,10(4,19-5)11(12,13)14)20-7(18)6(15)9(3)16-17-9;/h17H,1-5H3;/q-2;. The van der Waals surface area contributed by atoms with Crippen molar-refractivity contribution < 1.29 is 68.4 Å². The maximum atomic E-state index is 13.2. The zero-order valence-corrected chi connectivity index (χ0v) is 17.9. The van der Waals surface area contributed by atoms with Crippen LogP contribution in [-0.4, -0.2) is 34.0 Å². The molecule has 1 saturated heterocycles. The van der Waals surface area contributed by atoms with Crippen molar-refractivity contribution in [3.05, 3.63) is 3.92 Å². The van der Waals surface area contributed by atoms with E-state index in [4.69, 9.17) is 4.74 Å². The number of carbonyl (C=O) groups is 1. The van der Waals surface area contributed by atoms with Crippen LogP contribution in [0.25, 0.3) is 0 Å². The molecule has 0 amide bonds. The van der Waals surface area contributed by atoms with Gasteiger partial charge in [-0.2, -0.15) is 0 Å². The monoisotopic (exact) mass is 624 g/mol. The van der Waals surface area contributed by atoms with Crippen molar-refractivity contribution in [2.24, 2.45) is 0 Å². The summed E-state index contributed by atoms with van der Waals surface area (Å²) in [7, 11) is 0.951. The number of esters is 1. The molecular formula is C11H16F3I2NO3Rh-2. The van der Waals surface area contributed by atoms with Gasteiger partial charge < -0.3 is 0 Å². The molecule has 1 N–H and O–H groups in total. The van der Waals surface area contributed by atoms with Crippen LogP contribution in [0.3, 0.4) is 0 Å². The molecule has 4 nitrogen and oxygen atoms in total. The number of alkyl halides is 4. The summed E-state index contributed by atoms with van der Waals surface area (Å²) in [4.78, 5) is 12.0. The van der Waals surface area contributed by atoms with E-state index in [-0.39, 0.29) is 44.5 Å².